The average Bonchev–Trinajstić information content (AvgIpc) is 2.43. The van der Waals surface area contributed by atoms with Gasteiger partial charge in [0.25, 0.3) is 0 Å². The molecule has 2 nitrogen and oxygen atoms in total. The summed E-state index contributed by atoms with van der Waals surface area (Å²) in [6.07, 6.45) is 5.54. The SMILES string of the molecule is Fc1ccc(COCCCc2ccncc2)cc1Br. The maximum Gasteiger partial charge on any atom is 0.137 e. The first-order valence-corrected chi connectivity index (χ1v) is 6.95. The molecule has 4 heteroatoms. The first kappa shape index (κ1) is 14.2. The highest BCUT2D eigenvalue weighted by molar-refractivity contribution is 9.10. The molecule has 0 aliphatic heterocycles. The number of aryl methyl sites for hydroxylation is 1. The van der Waals surface area contributed by atoms with Crippen LogP contribution in [0.1, 0.15) is 17.5 Å². The van der Waals surface area contributed by atoms with Crippen LogP contribution in [0.25, 0.3) is 0 Å². The Morgan fingerprint density at radius 3 is 2.63 bits per heavy atom. The first-order chi connectivity index (χ1) is 9.25. The van der Waals surface area contributed by atoms with Gasteiger partial charge in [-0.1, -0.05) is 6.07 Å². The van der Waals surface area contributed by atoms with Gasteiger partial charge >= 0.3 is 0 Å². The molecule has 19 heavy (non-hydrogen) atoms. The van der Waals surface area contributed by atoms with Gasteiger partial charge in [0.15, 0.2) is 0 Å². The Hall–Kier alpha value is -1.26. The number of rotatable bonds is 6. The summed E-state index contributed by atoms with van der Waals surface area (Å²) in [7, 11) is 0. The second-order valence-electron chi connectivity index (χ2n) is 4.26. The minimum atomic E-state index is -0.249. The van der Waals surface area contributed by atoms with Crippen LogP contribution >= 0.6 is 15.9 Å². The summed E-state index contributed by atoms with van der Waals surface area (Å²) in [5, 5.41) is 0. The van der Waals surface area contributed by atoms with Crippen molar-refractivity contribution >= 4 is 15.9 Å². The molecule has 0 aliphatic carbocycles. The first-order valence-electron chi connectivity index (χ1n) is 6.16. The molecule has 0 aliphatic rings. The Labute approximate surface area is 120 Å². The molecule has 0 spiro atoms. The molecule has 2 rings (SSSR count). The van der Waals surface area contributed by atoms with E-state index in [4.69, 9.17) is 4.74 Å². The molecule has 0 saturated carbocycles. The van der Waals surface area contributed by atoms with Gasteiger partial charge in [0.05, 0.1) is 11.1 Å². The lowest BCUT2D eigenvalue weighted by molar-refractivity contribution is 0.118. The van der Waals surface area contributed by atoms with Crippen LogP contribution in [-0.2, 0) is 17.8 Å². The number of hydrogen-bond donors (Lipinski definition) is 0. The fourth-order valence-corrected chi connectivity index (χ4v) is 2.17. The molecule has 0 atom stereocenters. The number of halogens is 2. The van der Waals surface area contributed by atoms with E-state index in [9.17, 15) is 4.39 Å². The van der Waals surface area contributed by atoms with Crippen LogP contribution in [0.5, 0.6) is 0 Å². The van der Waals surface area contributed by atoms with Crippen molar-refractivity contribution in [1.29, 1.82) is 0 Å². The summed E-state index contributed by atoms with van der Waals surface area (Å²) in [4.78, 5) is 3.98. The zero-order chi connectivity index (χ0) is 13.5. The van der Waals surface area contributed by atoms with Gasteiger partial charge in [0, 0.05) is 19.0 Å². The lowest BCUT2D eigenvalue weighted by Crippen LogP contribution is -1.98. The van der Waals surface area contributed by atoms with Gasteiger partial charge in [-0.15, -0.1) is 0 Å². The zero-order valence-electron chi connectivity index (χ0n) is 10.5. The van der Waals surface area contributed by atoms with Gasteiger partial charge in [-0.2, -0.15) is 0 Å². The van der Waals surface area contributed by atoms with Crippen LogP contribution in [0.3, 0.4) is 0 Å². The third kappa shape index (κ3) is 4.73. The molecular formula is C15H15BrFNO. The van der Waals surface area contributed by atoms with E-state index >= 15 is 0 Å². The van der Waals surface area contributed by atoms with E-state index in [2.05, 4.69) is 20.9 Å². The zero-order valence-corrected chi connectivity index (χ0v) is 12.1. The van der Waals surface area contributed by atoms with Crippen LogP contribution in [0, 0.1) is 5.82 Å². The molecule has 1 aromatic carbocycles. The minimum absolute atomic E-state index is 0.249. The van der Waals surface area contributed by atoms with Gasteiger partial charge < -0.3 is 4.74 Å². The Morgan fingerprint density at radius 2 is 1.89 bits per heavy atom. The monoisotopic (exact) mass is 323 g/mol. The van der Waals surface area contributed by atoms with E-state index in [0.29, 0.717) is 17.7 Å². The maximum absolute atomic E-state index is 13.0. The molecule has 0 saturated heterocycles. The number of aromatic nitrogens is 1. The summed E-state index contributed by atoms with van der Waals surface area (Å²) >= 11 is 3.16. The van der Waals surface area contributed by atoms with E-state index in [-0.39, 0.29) is 5.82 Å². The molecule has 100 valence electrons. The van der Waals surface area contributed by atoms with Gasteiger partial charge in [-0.05, 0) is 64.2 Å². The van der Waals surface area contributed by atoms with Crippen LogP contribution in [0.4, 0.5) is 4.39 Å². The molecule has 2 aromatic rings. The van der Waals surface area contributed by atoms with Crippen LogP contribution in [0.15, 0.2) is 47.2 Å². The van der Waals surface area contributed by atoms with Gasteiger partial charge in [0.2, 0.25) is 0 Å². The molecule has 1 heterocycles. The normalized spacial score (nSPS) is 10.6. The molecule has 0 amide bonds. The van der Waals surface area contributed by atoms with Crippen molar-refractivity contribution in [3.8, 4) is 0 Å². The molecule has 1 aromatic heterocycles. The summed E-state index contributed by atoms with van der Waals surface area (Å²) in [5.74, 6) is -0.249. The largest absolute Gasteiger partial charge is 0.377 e. The second-order valence-corrected chi connectivity index (χ2v) is 5.11. The number of pyridine rings is 1. The molecule has 0 bridgehead atoms. The third-order valence-corrected chi connectivity index (χ3v) is 3.36. The standard InChI is InChI=1S/C15H15BrFNO/c16-14-10-13(3-4-15(14)17)11-19-9-1-2-12-5-7-18-8-6-12/h3-8,10H,1-2,9,11H2. The smallest absolute Gasteiger partial charge is 0.137 e. The van der Waals surface area contributed by atoms with Gasteiger partial charge in [-0.3, -0.25) is 4.98 Å². The van der Waals surface area contributed by atoms with Crippen molar-refractivity contribution in [3.63, 3.8) is 0 Å². The number of benzene rings is 1. The van der Waals surface area contributed by atoms with Crippen molar-refractivity contribution in [1.82, 2.24) is 4.98 Å². The van der Waals surface area contributed by atoms with Crippen molar-refractivity contribution < 1.29 is 9.13 Å². The number of nitrogens with zero attached hydrogens (tertiary/aromatic N) is 1. The molecule has 0 unspecified atom stereocenters. The molecular weight excluding hydrogens is 309 g/mol. The predicted molar refractivity (Wildman–Crippen MR) is 76.3 cm³/mol. The second kappa shape index (κ2) is 7.36. The molecule has 0 N–H and O–H groups in total. The lowest BCUT2D eigenvalue weighted by atomic mass is 10.1. The van der Waals surface area contributed by atoms with Crippen molar-refractivity contribution in [2.24, 2.45) is 0 Å². The average molecular weight is 324 g/mol. The summed E-state index contributed by atoms with van der Waals surface area (Å²) in [5.41, 5.74) is 2.24. The Bertz CT molecular complexity index is 519. The van der Waals surface area contributed by atoms with E-state index < -0.39 is 0 Å². The molecule has 0 fully saturated rings. The minimum Gasteiger partial charge on any atom is -0.377 e. The fourth-order valence-electron chi connectivity index (χ4n) is 1.75. The van der Waals surface area contributed by atoms with Crippen molar-refractivity contribution in [2.75, 3.05) is 6.61 Å². The van der Waals surface area contributed by atoms with E-state index in [1.807, 2.05) is 12.1 Å². The van der Waals surface area contributed by atoms with Crippen LogP contribution < -0.4 is 0 Å². The fraction of sp³-hybridized carbons (Fsp3) is 0.267. The topological polar surface area (TPSA) is 22.1 Å². The quantitative estimate of drug-likeness (QED) is 0.745. The van der Waals surface area contributed by atoms with E-state index in [1.165, 1.54) is 11.6 Å². The Balaban J connectivity index is 1.68. The van der Waals surface area contributed by atoms with Crippen molar-refractivity contribution in [2.45, 2.75) is 19.4 Å². The van der Waals surface area contributed by atoms with Gasteiger partial charge in [-0.25, -0.2) is 4.39 Å². The Kier molecular flexibility index (Phi) is 5.48. The van der Waals surface area contributed by atoms with Gasteiger partial charge in [0.1, 0.15) is 5.82 Å². The summed E-state index contributed by atoms with van der Waals surface area (Å²) in [6.45, 7) is 1.20. The van der Waals surface area contributed by atoms with Crippen LogP contribution in [0.2, 0.25) is 0 Å². The third-order valence-electron chi connectivity index (χ3n) is 2.76. The summed E-state index contributed by atoms with van der Waals surface area (Å²) in [6, 6.07) is 8.95. The van der Waals surface area contributed by atoms with Crippen molar-refractivity contribution in [3.05, 3.63) is 64.1 Å². The highest BCUT2D eigenvalue weighted by Gasteiger charge is 2.00. The maximum atomic E-state index is 13.0. The number of ether oxygens (including phenoxy) is 1. The number of hydrogen-bond acceptors (Lipinski definition) is 2. The van der Waals surface area contributed by atoms with E-state index in [0.717, 1.165) is 18.4 Å². The van der Waals surface area contributed by atoms with Crippen LogP contribution in [-0.4, -0.2) is 11.6 Å². The highest BCUT2D eigenvalue weighted by atomic mass is 79.9. The van der Waals surface area contributed by atoms with E-state index in [1.54, 1.807) is 24.5 Å². The predicted octanol–water partition coefficient (Wildman–Crippen LogP) is 4.13. The lowest BCUT2D eigenvalue weighted by Gasteiger charge is -2.05. The molecule has 0 radical (unpaired) electrons. The Morgan fingerprint density at radius 1 is 1.11 bits per heavy atom. The summed E-state index contributed by atoms with van der Waals surface area (Å²) < 4.78 is 19.1. The highest BCUT2D eigenvalue weighted by Crippen LogP contribution is 2.17.